The number of aromatic hydroxyl groups is 1. The fourth-order valence-corrected chi connectivity index (χ4v) is 1.29. The van der Waals surface area contributed by atoms with E-state index in [9.17, 15) is 4.79 Å². The van der Waals surface area contributed by atoms with Crippen molar-refractivity contribution in [1.82, 2.24) is 0 Å². The average molecular weight is 180 g/mol. The van der Waals surface area contributed by atoms with Gasteiger partial charge in [-0.1, -0.05) is 19.1 Å². The van der Waals surface area contributed by atoms with Crippen molar-refractivity contribution in [3.05, 3.63) is 29.8 Å². The predicted octanol–water partition coefficient (Wildman–Crippen LogP) is 1.97. The molecule has 1 aromatic carbocycles. The standard InChI is InChI=1S/C10H12O3/c1-2-9(10(12)13)7-4-3-5-8(11)6-7/h3-6,9,11H,2H2,1H3,(H,12,13). The third-order valence-corrected chi connectivity index (χ3v) is 1.98. The molecule has 0 bridgehead atoms. The van der Waals surface area contributed by atoms with E-state index >= 15 is 0 Å². The van der Waals surface area contributed by atoms with Gasteiger partial charge in [-0.3, -0.25) is 4.79 Å². The molecule has 1 unspecified atom stereocenters. The molecule has 0 aromatic heterocycles. The predicted molar refractivity (Wildman–Crippen MR) is 48.8 cm³/mol. The molecule has 0 radical (unpaired) electrons. The van der Waals surface area contributed by atoms with Gasteiger partial charge in [0.1, 0.15) is 5.75 Å². The van der Waals surface area contributed by atoms with E-state index in [0.717, 1.165) is 0 Å². The summed E-state index contributed by atoms with van der Waals surface area (Å²) in [6, 6.07) is 6.37. The van der Waals surface area contributed by atoms with E-state index in [1.165, 1.54) is 12.1 Å². The number of hydrogen-bond donors (Lipinski definition) is 2. The first kappa shape index (κ1) is 9.58. The quantitative estimate of drug-likeness (QED) is 0.747. The molecule has 0 aliphatic heterocycles. The first-order valence-electron chi connectivity index (χ1n) is 4.17. The minimum atomic E-state index is -0.854. The number of rotatable bonds is 3. The fourth-order valence-electron chi connectivity index (χ4n) is 1.29. The molecule has 0 amide bonds. The van der Waals surface area contributed by atoms with Crippen LogP contribution in [0.1, 0.15) is 24.8 Å². The summed E-state index contributed by atoms with van der Waals surface area (Å²) in [5.41, 5.74) is 0.648. The van der Waals surface area contributed by atoms with Crippen molar-refractivity contribution in [3.8, 4) is 5.75 Å². The molecule has 1 rings (SSSR count). The van der Waals surface area contributed by atoms with Crippen LogP contribution in [-0.2, 0) is 4.79 Å². The Morgan fingerprint density at radius 3 is 2.69 bits per heavy atom. The summed E-state index contributed by atoms with van der Waals surface area (Å²) in [4.78, 5) is 10.8. The normalized spacial score (nSPS) is 12.4. The van der Waals surface area contributed by atoms with Crippen LogP contribution in [0, 0.1) is 0 Å². The van der Waals surface area contributed by atoms with Crippen LogP contribution in [0.4, 0.5) is 0 Å². The molecular weight excluding hydrogens is 168 g/mol. The largest absolute Gasteiger partial charge is 0.508 e. The number of benzene rings is 1. The van der Waals surface area contributed by atoms with Gasteiger partial charge in [-0.05, 0) is 24.1 Å². The van der Waals surface area contributed by atoms with Gasteiger partial charge in [0, 0.05) is 0 Å². The highest BCUT2D eigenvalue weighted by molar-refractivity contribution is 5.76. The second-order valence-electron chi connectivity index (χ2n) is 2.89. The summed E-state index contributed by atoms with van der Waals surface area (Å²) in [6.07, 6.45) is 0.527. The molecule has 0 aliphatic carbocycles. The van der Waals surface area contributed by atoms with E-state index in [2.05, 4.69) is 0 Å². The van der Waals surface area contributed by atoms with E-state index in [4.69, 9.17) is 10.2 Å². The highest BCUT2D eigenvalue weighted by Crippen LogP contribution is 2.22. The summed E-state index contributed by atoms with van der Waals surface area (Å²) < 4.78 is 0. The topological polar surface area (TPSA) is 57.5 Å². The summed E-state index contributed by atoms with van der Waals surface area (Å²) in [5.74, 6) is -1.27. The zero-order valence-electron chi connectivity index (χ0n) is 7.40. The second kappa shape index (κ2) is 3.94. The lowest BCUT2D eigenvalue weighted by molar-refractivity contribution is -0.138. The van der Waals surface area contributed by atoms with Gasteiger partial charge in [-0.2, -0.15) is 0 Å². The van der Waals surface area contributed by atoms with Gasteiger partial charge >= 0.3 is 5.97 Å². The van der Waals surface area contributed by atoms with Crippen molar-refractivity contribution in [3.63, 3.8) is 0 Å². The number of phenolic OH excluding ortho intramolecular Hbond substituents is 1. The third-order valence-electron chi connectivity index (χ3n) is 1.98. The molecule has 0 spiro atoms. The molecule has 0 saturated heterocycles. The molecule has 0 saturated carbocycles. The molecule has 0 heterocycles. The van der Waals surface area contributed by atoms with Crippen molar-refractivity contribution in [2.75, 3.05) is 0 Å². The summed E-state index contributed by atoms with van der Waals surface area (Å²) in [6.45, 7) is 1.81. The first-order chi connectivity index (χ1) is 6.15. The van der Waals surface area contributed by atoms with Crippen LogP contribution in [0.5, 0.6) is 5.75 Å². The Labute approximate surface area is 76.6 Å². The molecule has 1 atom stereocenters. The van der Waals surface area contributed by atoms with Gasteiger partial charge < -0.3 is 10.2 Å². The lowest BCUT2D eigenvalue weighted by Crippen LogP contribution is -2.09. The molecule has 1 aromatic rings. The van der Waals surface area contributed by atoms with Crippen molar-refractivity contribution in [2.45, 2.75) is 19.3 Å². The molecule has 2 N–H and O–H groups in total. The molecular formula is C10H12O3. The number of aliphatic carboxylic acids is 1. The van der Waals surface area contributed by atoms with Crippen LogP contribution in [-0.4, -0.2) is 16.2 Å². The highest BCUT2D eigenvalue weighted by Gasteiger charge is 2.17. The van der Waals surface area contributed by atoms with Gasteiger partial charge in [0.05, 0.1) is 5.92 Å². The Kier molecular flexibility index (Phi) is 2.90. The van der Waals surface area contributed by atoms with Crippen molar-refractivity contribution >= 4 is 5.97 Å². The lowest BCUT2D eigenvalue weighted by atomic mass is 9.97. The van der Waals surface area contributed by atoms with Gasteiger partial charge in [0.25, 0.3) is 0 Å². The second-order valence-corrected chi connectivity index (χ2v) is 2.89. The van der Waals surface area contributed by atoms with Gasteiger partial charge in [-0.25, -0.2) is 0 Å². The maximum Gasteiger partial charge on any atom is 0.310 e. The smallest absolute Gasteiger partial charge is 0.310 e. The first-order valence-corrected chi connectivity index (χ1v) is 4.17. The van der Waals surface area contributed by atoms with Crippen LogP contribution >= 0.6 is 0 Å². The highest BCUT2D eigenvalue weighted by atomic mass is 16.4. The van der Waals surface area contributed by atoms with Crippen molar-refractivity contribution < 1.29 is 15.0 Å². The Morgan fingerprint density at radius 1 is 1.54 bits per heavy atom. The summed E-state index contributed by atoms with van der Waals surface area (Å²) in [7, 11) is 0. The summed E-state index contributed by atoms with van der Waals surface area (Å²) >= 11 is 0. The van der Waals surface area contributed by atoms with Crippen LogP contribution in [0.15, 0.2) is 24.3 Å². The van der Waals surface area contributed by atoms with Crippen LogP contribution in [0.3, 0.4) is 0 Å². The lowest BCUT2D eigenvalue weighted by Gasteiger charge is -2.09. The molecule has 0 aliphatic rings. The SMILES string of the molecule is CCC(C(=O)O)c1cccc(O)c1. The average Bonchev–Trinajstić information content (AvgIpc) is 2.04. The minimum absolute atomic E-state index is 0.109. The van der Waals surface area contributed by atoms with Crippen molar-refractivity contribution in [2.24, 2.45) is 0 Å². The molecule has 13 heavy (non-hydrogen) atoms. The Morgan fingerprint density at radius 2 is 2.23 bits per heavy atom. The minimum Gasteiger partial charge on any atom is -0.508 e. The fraction of sp³-hybridized carbons (Fsp3) is 0.300. The zero-order valence-corrected chi connectivity index (χ0v) is 7.40. The zero-order chi connectivity index (χ0) is 9.84. The van der Waals surface area contributed by atoms with E-state index in [1.807, 2.05) is 6.92 Å². The Hall–Kier alpha value is -1.51. The number of phenols is 1. The Balaban J connectivity index is 2.98. The van der Waals surface area contributed by atoms with E-state index in [-0.39, 0.29) is 5.75 Å². The summed E-state index contributed by atoms with van der Waals surface area (Å²) in [5, 5.41) is 18.0. The maximum absolute atomic E-state index is 10.8. The molecule has 3 heteroatoms. The molecule has 70 valence electrons. The van der Waals surface area contributed by atoms with Crippen molar-refractivity contribution in [1.29, 1.82) is 0 Å². The van der Waals surface area contributed by atoms with E-state index in [0.29, 0.717) is 12.0 Å². The monoisotopic (exact) mass is 180 g/mol. The number of carboxylic acid groups (broad SMARTS) is 1. The Bertz CT molecular complexity index is 307. The number of carbonyl (C=O) groups is 1. The van der Waals surface area contributed by atoms with Crippen LogP contribution in [0.2, 0.25) is 0 Å². The third kappa shape index (κ3) is 2.21. The van der Waals surface area contributed by atoms with E-state index < -0.39 is 11.9 Å². The molecule has 3 nitrogen and oxygen atoms in total. The van der Waals surface area contributed by atoms with E-state index in [1.54, 1.807) is 12.1 Å². The van der Waals surface area contributed by atoms with Gasteiger partial charge in [0.15, 0.2) is 0 Å². The number of carboxylic acids is 1. The van der Waals surface area contributed by atoms with Crippen LogP contribution in [0.25, 0.3) is 0 Å². The number of hydrogen-bond acceptors (Lipinski definition) is 2. The molecule has 0 fully saturated rings. The van der Waals surface area contributed by atoms with Gasteiger partial charge in [-0.15, -0.1) is 0 Å². The maximum atomic E-state index is 10.8. The van der Waals surface area contributed by atoms with Gasteiger partial charge in [0.2, 0.25) is 0 Å². The van der Waals surface area contributed by atoms with Crippen LogP contribution < -0.4 is 0 Å².